The van der Waals surface area contributed by atoms with Crippen LogP contribution in [-0.4, -0.2) is 16.9 Å². The first kappa shape index (κ1) is 11.6. The molecule has 0 saturated heterocycles. The number of carbonyl (C=O) groups is 1. The van der Waals surface area contributed by atoms with Gasteiger partial charge in [0.05, 0.1) is 11.8 Å². The van der Waals surface area contributed by atoms with Crippen LogP contribution < -0.4 is 5.32 Å². The van der Waals surface area contributed by atoms with Crippen LogP contribution in [0.4, 0.5) is 0 Å². The summed E-state index contributed by atoms with van der Waals surface area (Å²) in [7, 11) is 0. The Morgan fingerprint density at radius 2 is 2.29 bits per heavy atom. The molecule has 1 aromatic heterocycles. The number of carbonyl (C=O) groups excluding carboxylic acids is 1. The molecule has 0 aliphatic carbocycles. The number of amides is 1. The van der Waals surface area contributed by atoms with Crippen LogP contribution in [0.2, 0.25) is 0 Å². The highest BCUT2D eigenvalue weighted by molar-refractivity contribution is 14.1. The van der Waals surface area contributed by atoms with Crippen molar-refractivity contribution in [3.63, 3.8) is 0 Å². The van der Waals surface area contributed by atoms with Crippen LogP contribution in [0.1, 0.15) is 29.6 Å². The van der Waals surface area contributed by atoms with E-state index in [-0.39, 0.29) is 5.91 Å². The topological polar surface area (TPSA) is 42.2 Å². The smallest absolute Gasteiger partial charge is 0.254 e. The van der Waals surface area contributed by atoms with Crippen molar-refractivity contribution in [3.05, 3.63) is 24.2 Å². The normalized spacial score (nSPS) is 10.1. The number of hydrogen-bond acceptors (Lipinski definition) is 2. The van der Waals surface area contributed by atoms with Crippen LogP contribution in [0, 0.1) is 0 Å². The molecule has 0 aliphatic heterocycles. The summed E-state index contributed by atoms with van der Waals surface area (Å²) < 4.78 is 6.01. The lowest BCUT2D eigenvalue weighted by molar-refractivity contribution is 0.0952. The average molecular weight is 307 g/mol. The lowest BCUT2D eigenvalue weighted by Crippen LogP contribution is -2.23. The van der Waals surface area contributed by atoms with Gasteiger partial charge in [-0.15, -0.1) is 0 Å². The molecule has 0 aliphatic rings. The molecule has 1 rings (SSSR count). The molecule has 4 heteroatoms. The first-order chi connectivity index (χ1) is 6.84. The lowest BCUT2D eigenvalue weighted by atomic mass is 10.2. The van der Waals surface area contributed by atoms with Gasteiger partial charge in [0.15, 0.2) is 0 Å². The highest BCUT2D eigenvalue weighted by Gasteiger charge is 2.04. The SMILES string of the molecule is O=C(NCCCCCI)c1ccoc1. The first-order valence-electron chi connectivity index (χ1n) is 4.71. The summed E-state index contributed by atoms with van der Waals surface area (Å²) in [6, 6.07) is 1.67. The van der Waals surface area contributed by atoms with E-state index in [1.54, 1.807) is 6.07 Å². The van der Waals surface area contributed by atoms with Crippen LogP contribution in [0.15, 0.2) is 23.0 Å². The van der Waals surface area contributed by atoms with Crippen molar-refractivity contribution < 1.29 is 9.21 Å². The average Bonchev–Trinajstić information content (AvgIpc) is 2.70. The second-order valence-corrected chi connectivity index (χ2v) is 4.10. The van der Waals surface area contributed by atoms with E-state index in [2.05, 4.69) is 27.9 Å². The molecule has 0 fully saturated rings. The Morgan fingerprint density at radius 1 is 1.43 bits per heavy atom. The van der Waals surface area contributed by atoms with Gasteiger partial charge in [0.25, 0.3) is 5.91 Å². The maximum atomic E-state index is 11.4. The number of unbranched alkanes of at least 4 members (excludes halogenated alkanes) is 2. The monoisotopic (exact) mass is 307 g/mol. The van der Waals surface area contributed by atoms with Crippen LogP contribution in [0.25, 0.3) is 0 Å². The molecule has 0 radical (unpaired) electrons. The molecule has 1 heterocycles. The fraction of sp³-hybridized carbons (Fsp3) is 0.500. The van der Waals surface area contributed by atoms with Gasteiger partial charge in [0.1, 0.15) is 6.26 Å². The Balaban J connectivity index is 2.10. The Bertz CT molecular complexity index is 259. The van der Waals surface area contributed by atoms with Gasteiger partial charge < -0.3 is 9.73 Å². The number of alkyl halides is 1. The van der Waals surface area contributed by atoms with Crippen molar-refractivity contribution in [3.8, 4) is 0 Å². The number of rotatable bonds is 6. The molecule has 78 valence electrons. The summed E-state index contributed by atoms with van der Waals surface area (Å²) in [5.74, 6) is -0.0479. The summed E-state index contributed by atoms with van der Waals surface area (Å²) in [6.45, 7) is 0.751. The predicted octanol–water partition coefficient (Wildman–Crippen LogP) is 2.61. The summed E-state index contributed by atoms with van der Waals surface area (Å²) >= 11 is 2.36. The molecular formula is C10H14INO2. The minimum absolute atomic E-state index is 0.0479. The standard InChI is InChI=1S/C10H14INO2/c11-5-2-1-3-6-12-10(13)9-4-7-14-8-9/h4,7-8H,1-3,5-6H2,(H,12,13). The first-order valence-corrected chi connectivity index (χ1v) is 6.23. The zero-order chi connectivity index (χ0) is 10.2. The fourth-order valence-electron chi connectivity index (χ4n) is 1.09. The van der Waals surface area contributed by atoms with E-state index in [9.17, 15) is 4.79 Å². The minimum atomic E-state index is -0.0479. The van der Waals surface area contributed by atoms with Gasteiger partial charge in [-0.1, -0.05) is 29.0 Å². The van der Waals surface area contributed by atoms with E-state index in [1.165, 1.54) is 29.8 Å². The predicted molar refractivity (Wildman–Crippen MR) is 63.8 cm³/mol. The maximum Gasteiger partial charge on any atom is 0.254 e. The van der Waals surface area contributed by atoms with E-state index in [4.69, 9.17) is 4.42 Å². The van der Waals surface area contributed by atoms with Crippen LogP contribution in [0.3, 0.4) is 0 Å². The third-order valence-corrected chi connectivity index (χ3v) is 2.64. The summed E-state index contributed by atoms with van der Waals surface area (Å²) in [5, 5.41) is 2.84. The number of halogens is 1. The number of nitrogens with one attached hydrogen (secondary N) is 1. The summed E-state index contributed by atoms with van der Waals surface area (Å²) in [6.07, 6.45) is 6.41. The number of hydrogen-bond donors (Lipinski definition) is 1. The Hall–Kier alpha value is -0.520. The largest absolute Gasteiger partial charge is 0.472 e. The molecular weight excluding hydrogens is 293 g/mol. The molecule has 0 spiro atoms. The van der Waals surface area contributed by atoms with Gasteiger partial charge >= 0.3 is 0 Å². The molecule has 0 unspecified atom stereocenters. The molecule has 1 N–H and O–H groups in total. The van der Waals surface area contributed by atoms with Gasteiger partial charge in [0, 0.05) is 6.54 Å². The highest BCUT2D eigenvalue weighted by atomic mass is 127. The van der Waals surface area contributed by atoms with Gasteiger partial charge in [-0.25, -0.2) is 0 Å². The highest BCUT2D eigenvalue weighted by Crippen LogP contribution is 2.00. The van der Waals surface area contributed by atoms with Gasteiger partial charge in [-0.05, 0) is 23.3 Å². The van der Waals surface area contributed by atoms with Crippen molar-refractivity contribution in [2.45, 2.75) is 19.3 Å². The van der Waals surface area contributed by atoms with Gasteiger partial charge in [-0.2, -0.15) is 0 Å². The van der Waals surface area contributed by atoms with Crippen LogP contribution in [-0.2, 0) is 0 Å². The van der Waals surface area contributed by atoms with Crippen molar-refractivity contribution >= 4 is 28.5 Å². The second kappa shape index (κ2) is 6.86. The van der Waals surface area contributed by atoms with E-state index in [0.29, 0.717) is 5.56 Å². The molecule has 1 amide bonds. The fourth-order valence-corrected chi connectivity index (χ4v) is 1.63. The maximum absolute atomic E-state index is 11.4. The zero-order valence-corrected chi connectivity index (χ0v) is 10.1. The molecule has 0 atom stereocenters. The molecule has 3 nitrogen and oxygen atoms in total. The van der Waals surface area contributed by atoms with Gasteiger partial charge in [-0.3, -0.25) is 4.79 Å². The van der Waals surface area contributed by atoms with Crippen molar-refractivity contribution in [2.75, 3.05) is 11.0 Å². The zero-order valence-electron chi connectivity index (χ0n) is 7.96. The third kappa shape index (κ3) is 4.13. The number of furan rings is 1. The molecule has 0 bridgehead atoms. The molecule has 14 heavy (non-hydrogen) atoms. The Kier molecular flexibility index (Phi) is 5.66. The van der Waals surface area contributed by atoms with E-state index in [1.807, 2.05) is 0 Å². The van der Waals surface area contributed by atoms with E-state index in [0.717, 1.165) is 13.0 Å². The summed E-state index contributed by atoms with van der Waals surface area (Å²) in [5.41, 5.74) is 0.596. The quantitative estimate of drug-likeness (QED) is 0.499. The van der Waals surface area contributed by atoms with Crippen molar-refractivity contribution in [2.24, 2.45) is 0 Å². The van der Waals surface area contributed by atoms with Gasteiger partial charge in [0.2, 0.25) is 0 Å². The third-order valence-electron chi connectivity index (χ3n) is 1.88. The lowest BCUT2D eigenvalue weighted by Gasteiger charge is -2.02. The summed E-state index contributed by atoms with van der Waals surface area (Å²) in [4.78, 5) is 11.4. The second-order valence-electron chi connectivity index (χ2n) is 3.02. The molecule has 0 saturated carbocycles. The van der Waals surface area contributed by atoms with E-state index < -0.39 is 0 Å². The minimum Gasteiger partial charge on any atom is -0.472 e. The molecule has 1 aromatic rings. The Morgan fingerprint density at radius 3 is 2.93 bits per heavy atom. The van der Waals surface area contributed by atoms with Crippen molar-refractivity contribution in [1.82, 2.24) is 5.32 Å². The molecule has 0 aromatic carbocycles. The van der Waals surface area contributed by atoms with E-state index >= 15 is 0 Å². The van der Waals surface area contributed by atoms with Crippen molar-refractivity contribution in [1.29, 1.82) is 0 Å². The van der Waals surface area contributed by atoms with Crippen LogP contribution >= 0.6 is 22.6 Å². The van der Waals surface area contributed by atoms with Crippen LogP contribution in [0.5, 0.6) is 0 Å². The Labute approximate surface area is 97.4 Å².